The Morgan fingerprint density at radius 3 is 2.61 bits per heavy atom. The van der Waals surface area contributed by atoms with Gasteiger partial charge in [0.2, 0.25) is 11.8 Å². The number of rotatable bonds is 6. The van der Waals surface area contributed by atoms with Gasteiger partial charge in [-0.15, -0.1) is 0 Å². The first kappa shape index (κ1) is 20.3. The first-order valence-corrected chi connectivity index (χ1v) is 9.88. The molecule has 1 saturated heterocycles. The van der Waals surface area contributed by atoms with Crippen LogP contribution in [0.15, 0.2) is 28.9 Å². The van der Waals surface area contributed by atoms with Crippen LogP contribution in [0.3, 0.4) is 0 Å². The van der Waals surface area contributed by atoms with Gasteiger partial charge in [-0.25, -0.2) is 4.98 Å². The smallest absolute Gasteiger partial charge is 0.254 e. The van der Waals surface area contributed by atoms with Crippen LogP contribution in [0.25, 0.3) is 0 Å². The predicted octanol–water partition coefficient (Wildman–Crippen LogP) is 2.78. The number of ether oxygens (including phenoxy) is 2. The third-order valence-corrected chi connectivity index (χ3v) is 5.25. The topological polar surface area (TPSA) is 79.8 Å². The van der Waals surface area contributed by atoms with Crippen LogP contribution in [0.1, 0.15) is 17.3 Å². The molecule has 0 aliphatic carbocycles. The van der Waals surface area contributed by atoms with E-state index >= 15 is 0 Å². The van der Waals surface area contributed by atoms with Crippen molar-refractivity contribution in [3.63, 3.8) is 0 Å². The summed E-state index contributed by atoms with van der Waals surface area (Å²) in [6.07, 6.45) is 1.61. The summed E-state index contributed by atoms with van der Waals surface area (Å²) in [5.74, 6) is 1.35. The van der Waals surface area contributed by atoms with Crippen molar-refractivity contribution in [1.29, 1.82) is 0 Å². The normalized spacial score (nSPS) is 14.6. The van der Waals surface area contributed by atoms with Gasteiger partial charge in [0, 0.05) is 31.7 Å². The monoisotopic (exact) mass is 449 g/mol. The molecule has 150 valence electrons. The molecule has 28 heavy (non-hydrogen) atoms. The molecule has 0 unspecified atom stereocenters. The molecule has 0 atom stereocenters. The second-order valence-corrected chi connectivity index (χ2v) is 7.17. The van der Waals surface area contributed by atoms with Gasteiger partial charge in [0.1, 0.15) is 5.75 Å². The summed E-state index contributed by atoms with van der Waals surface area (Å²) in [5, 5.41) is 3.10. The standard InChI is InChI=1S/C19H24BrN5O3/c1-4-24-7-9-25(10-8-24)18(26)13-5-6-15(16(11-13)27-2)22-19-21-12-14(20)17(23-19)28-3/h5-6,11-12H,4,7-10H2,1-3H3,(H,21,22,23). The number of halogens is 1. The molecule has 0 spiro atoms. The van der Waals surface area contributed by atoms with Crippen LogP contribution in [0.4, 0.5) is 11.6 Å². The highest BCUT2D eigenvalue weighted by molar-refractivity contribution is 9.10. The van der Waals surface area contributed by atoms with Crippen LogP contribution in [0, 0.1) is 0 Å². The number of anilines is 2. The number of hydrogen-bond donors (Lipinski definition) is 1. The summed E-state index contributed by atoms with van der Waals surface area (Å²) in [4.78, 5) is 25.6. The van der Waals surface area contributed by atoms with Crippen molar-refractivity contribution in [3.8, 4) is 11.6 Å². The minimum Gasteiger partial charge on any atom is -0.495 e. The van der Waals surface area contributed by atoms with Crippen molar-refractivity contribution in [3.05, 3.63) is 34.4 Å². The van der Waals surface area contributed by atoms with Gasteiger partial charge in [-0.05, 0) is 40.7 Å². The third-order valence-electron chi connectivity index (χ3n) is 4.71. The Morgan fingerprint density at radius 1 is 1.21 bits per heavy atom. The van der Waals surface area contributed by atoms with Gasteiger partial charge in [-0.1, -0.05) is 6.92 Å². The Hall–Kier alpha value is -2.39. The van der Waals surface area contributed by atoms with Crippen LogP contribution >= 0.6 is 15.9 Å². The summed E-state index contributed by atoms with van der Waals surface area (Å²) in [5.41, 5.74) is 1.26. The van der Waals surface area contributed by atoms with E-state index in [1.807, 2.05) is 4.90 Å². The lowest BCUT2D eigenvalue weighted by Crippen LogP contribution is -2.48. The minimum atomic E-state index is 0.0159. The second-order valence-electron chi connectivity index (χ2n) is 6.32. The summed E-state index contributed by atoms with van der Waals surface area (Å²) in [6, 6.07) is 5.33. The van der Waals surface area contributed by atoms with Crippen molar-refractivity contribution in [1.82, 2.24) is 19.8 Å². The van der Waals surface area contributed by atoms with Gasteiger partial charge in [0.25, 0.3) is 5.91 Å². The zero-order valence-corrected chi connectivity index (χ0v) is 17.8. The van der Waals surface area contributed by atoms with Crippen molar-refractivity contribution < 1.29 is 14.3 Å². The number of likely N-dealkylation sites (N-methyl/N-ethyl adjacent to an activating group) is 1. The quantitative estimate of drug-likeness (QED) is 0.725. The minimum absolute atomic E-state index is 0.0159. The van der Waals surface area contributed by atoms with Gasteiger partial charge < -0.3 is 24.6 Å². The van der Waals surface area contributed by atoms with Crippen LogP contribution in [0.2, 0.25) is 0 Å². The molecule has 1 amide bonds. The largest absolute Gasteiger partial charge is 0.495 e. The number of benzene rings is 1. The predicted molar refractivity (Wildman–Crippen MR) is 111 cm³/mol. The average Bonchev–Trinajstić information content (AvgIpc) is 2.74. The van der Waals surface area contributed by atoms with Crippen molar-refractivity contribution in [2.45, 2.75) is 6.92 Å². The van der Waals surface area contributed by atoms with E-state index in [1.165, 1.54) is 7.11 Å². The number of nitrogens with zero attached hydrogens (tertiary/aromatic N) is 4. The molecule has 3 rings (SSSR count). The molecule has 1 N–H and O–H groups in total. The van der Waals surface area contributed by atoms with Crippen LogP contribution in [-0.4, -0.2) is 72.6 Å². The molecule has 1 aromatic heterocycles. The first-order chi connectivity index (χ1) is 13.5. The molecule has 8 nitrogen and oxygen atoms in total. The molecular weight excluding hydrogens is 426 g/mol. The Balaban J connectivity index is 1.76. The van der Waals surface area contributed by atoms with E-state index in [9.17, 15) is 4.79 Å². The molecular formula is C19H24BrN5O3. The SMILES string of the molecule is CCN1CCN(C(=O)c2ccc(Nc3ncc(Br)c(OC)n3)c(OC)c2)CC1. The van der Waals surface area contributed by atoms with Crippen molar-refractivity contribution >= 4 is 33.5 Å². The Kier molecular flexibility index (Phi) is 6.69. The number of hydrogen-bond acceptors (Lipinski definition) is 7. The van der Waals surface area contributed by atoms with Gasteiger partial charge in [0.05, 0.1) is 30.6 Å². The third kappa shape index (κ3) is 4.53. The molecule has 2 heterocycles. The summed E-state index contributed by atoms with van der Waals surface area (Å²) < 4.78 is 11.3. The number of aromatic nitrogens is 2. The average molecular weight is 450 g/mol. The number of amides is 1. The number of nitrogens with one attached hydrogen (secondary N) is 1. The number of carbonyl (C=O) groups is 1. The molecule has 2 aromatic rings. The number of carbonyl (C=O) groups excluding carboxylic acids is 1. The number of piperazine rings is 1. The van der Waals surface area contributed by atoms with E-state index in [0.717, 1.165) is 32.7 Å². The lowest BCUT2D eigenvalue weighted by molar-refractivity contribution is 0.0643. The van der Waals surface area contributed by atoms with E-state index in [0.29, 0.717) is 33.3 Å². The van der Waals surface area contributed by atoms with E-state index in [-0.39, 0.29) is 5.91 Å². The lowest BCUT2D eigenvalue weighted by Gasteiger charge is -2.34. The zero-order valence-electron chi connectivity index (χ0n) is 16.2. The van der Waals surface area contributed by atoms with E-state index in [2.05, 4.69) is 43.0 Å². The Morgan fingerprint density at radius 2 is 1.96 bits per heavy atom. The number of methoxy groups -OCH3 is 2. The van der Waals surface area contributed by atoms with E-state index < -0.39 is 0 Å². The van der Waals surface area contributed by atoms with Crippen LogP contribution in [-0.2, 0) is 0 Å². The van der Waals surface area contributed by atoms with Gasteiger partial charge in [0.15, 0.2) is 0 Å². The maximum Gasteiger partial charge on any atom is 0.254 e. The van der Waals surface area contributed by atoms with E-state index in [4.69, 9.17) is 9.47 Å². The van der Waals surface area contributed by atoms with Gasteiger partial charge in [-0.3, -0.25) is 4.79 Å². The second kappa shape index (κ2) is 9.20. The molecule has 0 bridgehead atoms. The molecule has 1 aliphatic rings. The van der Waals surface area contributed by atoms with Crippen molar-refractivity contribution in [2.75, 3.05) is 52.3 Å². The molecule has 0 saturated carbocycles. The van der Waals surface area contributed by atoms with E-state index in [1.54, 1.807) is 31.5 Å². The maximum absolute atomic E-state index is 12.8. The van der Waals surface area contributed by atoms with Crippen LogP contribution in [0.5, 0.6) is 11.6 Å². The highest BCUT2D eigenvalue weighted by atomic mass is 79.9. The van der Waals surface area contributed by atoms with Gasteiger partial charge >= 0.3 is 0 Å². The summed E-state index contributed by atoms with van der Waals surface area (Å²) >= 11 is 3.33. The summed E-state index contributed by atoms with van der Waals surface area (Å²) in [7, 11) is 3.11. The molecule has 1 aromatic carbocycles. The first-order valence-electron chi connectivity index (χ1n) is 9.09. The fourth-order valence-electron chi connectivity index (χ4n) is 3.05. The lowest BCUT2D eigenvalue weighted by atomic mass is 10.1. The maximum atomic E-state index is 12.8. The Labute approximate surface area is 173 Å². The van der Waals surface area contributed by atoms with Crippen LogP contribution < -0.4 is 14.8 Å². The summed E-state index contributed by atoms with van der Waals surface area (Å²) in [6.45, 7) is 6.43. The highest BCUT2D eigenvalue weighted by Gasteiger charge is 2.22. The molecule has 0 radical (unpaired) electrons. The zero-order chi connectivity index (χ0) is 20.1. The molecule has 1 fully saturated rings. The molecule has 9 heteroatoms. The Bertz CT molecular complexity index is 840. The highest BCUT2D eigenvalue weighted by Crippen LogP contribution is 2.30. The van der Waals surface area contributed by atoms with Gasteiger partial charge in [-0.2, -0.15) is 4.98 Å². The fraction of sp³-hybridized carbons (Fsp3) is 0.421. The fourth-order valence-corrected chi connectivity index (χ4v) is 3.41. The van der Waals surface area contributed by atoms with Crippen molar-refractivity contribution in [2.24, 2.45) is 0 Å². The molecule has 1 aliphatic heterocycles.